The monoisotopic (exact) mass is 280 g/mol. The van der Waals surface area contributed by atoms with E-state index in [0.29, 0.717) is 10.1 Å². The van der Waals surface area contributed by atoms with E-state index in [4.69, 9.17) is 0 Å². The number of ether oxygens (including phenoxy) is 1. The zero-order valence-corrected chi connectivity index (χ0v) is 10.9. The van der Waals surface area contributed by atoms with Crippen LogP contribution in [-0.4, -0.2) is 13.1 Å². The van der Waals surface area contributed by atoms with E-state index in [2.05, 4.69) is 27.2 Å². The molecule has 0 spiro atoms. The number of hydrogen-bond donors (Lipinski definition) is 0. The van der Waals surface area contributed by atoms with Crippen molar-refractivity contribution in [1.82, 2.24) is 0 Å². The molecule has 0 heterocycles. The van der Waals surface area contributed by atoms with Gasteiger partial charge >= 0.3 is 5.97 Å². The first kappa shape index (κ1) is 12.7. The number of methoxy groups -OCH3 is 1. The number of hydrogen-bond acceptors (Lipinski definition) is 2. The van der Waals surface area contributed by atoms with Gasteiger partial charge in [0.2, 0.25) is 0 Å². The van der Waals surface area contributed by atoms with Gasteiger partial charge in [-0.15, -0.1) is 0 Å². The summed E-state index contributed by atoms with van der Waals surface area (Å²) < 4.78 is 5.19. The summed E-state index contributed by atoms with van der Waals surface area (Å²) >= 11 is 3.19. The Morgan fingerprint density at radius 1 is 1.38 bits per heavy atom. The molecule has 16 heavy (non-hydrogen) atoms. The molecule has 0 aromatic heterocycles. The van der Waals surface area contributed by atoms with Crippen molar-refractivity contribution in [2.75, 3.05) is 7.11 Å². The van der Waals surface area contributed by atoms with E-state index in [0.717, 1.165) is 5.56 Å². The topological polar surface area (TPSA) is 26.3 Å². The molecule has 0 aliphatic rings. The second kappa shape index (κ2) is 5.66. The predicted octanol–water partition coefficient (Wildman–Crippen LogP) is 3.46. The Balaban J connectivity index is 3.07. The van der Waals surface area contributed by atoms with E-state index in [9.17, 15) is 4.79 Å². The first-order valence-corrected chi connectivity index (χ1v) is 5.55. The first-order chi connectivity index (χ1) is 7.54. The second-order valence-electron chi connectivity index (χ2n) is 3.37. The van der Waals surface area contributed by atoms with Crippen molar-refractivity contribution in [2.24, 2.45) is 0 Å². The van der Waals surface area contributed by atoms with Crippen molar-refractivity contribution in [2.45, 2.75) is 6.92 Å². The number of esters is 1. The number of benzene rings is 1. The number of carbonyl (C=O) groups excluding carboxylic acids is 1. The molecule has 0 saturated heterocycles. The van der Waals surface area contributed by atoms with Gasteiger partial charge in [-0.3, -0.25) is 0 Å². The van der Waals surface area contributed by atoms with Crippen LogP contribution in [-0.2, 0) is 9.53 Å². The molecule has 0 radical (unpaired) electrons. The maximum atomic E-state index is 11.4. The zero-order chi connectivity index (χ0) is 12.1. The number of rotatable bonds is 3. The fourth-order valence-corrected chi connectivity index (χ4v) is 1.46. The van der Waals surface area contributed by atoms with E-state index in [1.807, 2.05) is 31.2 Å². The fraction of sp³-hybridized carbons (Fsp3) is 0.154. The molecule has 0 aliphatic carbocycles. The second-order valence-corrected chi connectivity index (χ2v) is 4.32. The van der Waals surface area contributed by atoms with Crippen LogP contribution >= 0.6 is 15.9 Å². The minimum atomic E-state index is -0.401. The molecule has 1 rings (SSSR count). The molecular formula is C13H13BrO2. The Kier molecular flexibility index (Phi) is 4.50. The lowest BCUT2D eigenvalue weighted by molar-refractivity contribution is -0.135. The average Bonchev–Trinajstić information content (AvgIpc) is 2.27. The highest BCUT2D eigenvalue weighted by Crippen LogP contribution is 2.19. The van der Waals surface area contributed by atoms with Gasteiger partial charge in [-0.05, 0) is 18.6 Å². The minimum Gasteiger partial charge on any atom is -0.465 e. The minimum absolute atomic E-state index is 0.401. The lowest BCUT2D eigenvalue weighted by atomic mass is 10.1. The molecule has 0 unspecified atom stereocenters. The maximum Gasteiger partial charge on any atom is 0.338 e. The third-order valence-corrected chi connectivity index (χ3v) is 2.51. The highest BCUT2D eigenvalue weighted by Gasteiger charge is 2.11. The molecule has 0 fully saturated rings. The van der Waals surface area contributed by atoms with E-state index >= 15 is 0 Å². The van der Waals surface area contributed by atoms with Gasteiger partial charge in [-0.25, -0.2) is 4.79 Å². The van der Waals surface area contributed by atoms with Crippen molar-refractivity contribution in [1.29, 1.82) is 0 Å². The summed E-state index contributed by atoms with van der Waals surface area (Å²) in [6.07, 6.45) is 1.74. The molecule has 1 aromatic carbocycles. The van der Waals surface area contributed by atoms with Gasteiger partial charge in [0, 0.05) is 4.48 Å². The Hall–Kier alpha value is -1.35. The maximum absolute atomic E-state index is 11.4. The van der Waals surface area contributed by atoms with Gasteiger partial charge < -0.3 is 4.74 Å². The van der Waals surface area contributed by atoms with Crippen molar-refractivity contribution in [3.8, 4) is 0 Å². The van der Waals surface area contributed by atoms with E-state index in [1.54, 1.807) is 6.08 Å². The smallest absolute Gasteiger partial charge is 0.338 e. The highest BCUT2D eigenvalue weighted by molar-refractivity contribution is 9.12. The van der Waals surface area contributed by atoms with Crippen LogP contribution in [0.1, 0.15) is 11.1 Å². The van der Waals surface area contributed by atoms with Crippen LogP contribution in [0.4, 0.5) is 0 Å². The van der Waals surface area contributed by atoms with Crippen LogP contribution in [0.2, 0.25) is 0 Å². The number of halogens is 1. The van der Waals surface area contributed by atoms with Crippen LogP contribution in [0, 0.1) is 6.92 Å². The van der Waals surface area contributed by atoms with Crippen molar-refractivity contribution >= 4 is 28.0 Å². The first-order valence-electron chi connectivity index (χ1n) is 4.76. The predicted molar refractivity (Wildman–Crippen MR) is 69.2 cm³/mol. The Morgan fingerprint density at radius 2 is 1.94 bits per heavy atom. The molecule has 3 heteroatoms. The van der Waals surface area contributed by atoms with E-state index < -0.39 is 5.97 Å². The Labute approximate surface area is 104 Å². The quantitative estimate of drug-likeness (QED) is 0.482. The summed E-state index contributed by atoms with van der Waals surface area (Å²) in [5.74, 6) is -0.401. The number of carbonyl (C=O) groups is 1. The SMILES string of the molecule is C=C(Br)/C(=C\c1ccc(C)cc1)C(=O)OC. The highest BCUT2D eigenvalue weighted by atomic mass is 79.9. The van der Waals surface area contributed by atoms with Crippen LogP contribution in [0.15, 0.2) is 40.9 Å². The van der Waals surface area contributed by atoms with Gasteiger partial charge in [0.1, 0.15) is 0 Å². The average molecular weight is 281 g/mol. The van der Waals surface area contributed by atoms with E-state index in [-0.39, 0.29) is 0 Å². The fourth-order valence-electron chi connectivity index (χ4n) is 1.19. The molecule has 0 aliphatic heterocycles. The molecule has 0 amide bonds. The summed E-state index contributed by atoms with van der Waals surface area (Å²) in [7, 11) is 1.35. The molecule has 0 N–H and O–H groups in total. The van der Waals surface area contributed by atoms with Crippen molar-refractivity contribution in [3.63, 3.8) is 0 Å². The van der Waals surface area contributed by atoms with Gasteiger partial charge in [0.05, 0.1) is 12.7 Å². The van der Waals surface area contributed by atoms with Crippen LogP contribution in [0.3, 0.4) is 0 Å². The van der Waals surface area contributed by atoms with Crippen molar-refractivity contribution in [3.05, 3.63) is 52.0 Å². The Bertz CT molecular complexity index is 430. The van der Waals surface area contributed by atoms with Gasteiger partial charge in [-0.1, -0.05) is 52.3 Å². The molecule has 0 atom stereocenters. The third kappa shape index (κ3) is 3.35. The van der Waals surface area contributed by atoms with Crippen LogP contribution in [0.25, 0.3) is 6.08 Å². The molecule has 0 bridgehead atoms. The van der Waals surface area contributed by atoms with Crippen LogP contribution < -0.4 is 0 Å². The molecule has 2 nitrogen and oxygen atoms in total. The largest absolute Gasteiger partial charge is 0.465 e. The Morgan fingerprint density at radius 3 is 2.38 bits per heavy atom. The molecular weight excluding hydrogens is 268 g/mol. The van der Waals surface area contributed by atoms with E-state index in [1.165, 1.54) is 12.7 Å². The summed E-state index contributed by atoms with van der Waals surface area (Å²) in [4.78, 5) is 11.4. The van der Waals surface area contributed by atoms with Gasteiger partial charge in [-0.2, -0.15) is 0 Å². The van der Waals surface area contributed by atoms with Gasteiger partial charge in [0.15, 0.2) is 0 Å². The lowest BCUT2D eigenvalue weighted by Crippen LogP contribution is -2.04. The standard InChI is InChI=1S/C13H13BrO2/c1-9-4-6-11(7-5-9)8-12(10(2)14)13(15)16-3/h4-8H,2H2,1,3H3/b12-8+. The summed E-state index contributed by atoms with van der Waals surface area (Å²) in [6.45, 7) is 5.70. The summed E-state index contributed by atoms with van der Waals surface area (Å²) in [5.41, 5.74) is 2.53. The third-order valence-electron chi connectivity index (χ3n) is 2.09. The van der Waals surface area contributed by atoms with Crippen molar-refractivity contribution < 1.29 is 9.53 Å². The van der Waals surface area contributed by atoms with Gasteiger partial charge in [0.25, 0.3) is 0 Å². The normalized spacial score (nSPS) is 11.1. The summed E-state index contributed by atoms with van der Waals surface area (Å²) in [6, 6.07) is 7.85. The molecule has 0 saturated carbocycles. The summed E-state index contributed by atoms with van der Waals surface area (Å²) in [5, 5.41) is 0. The van der Waals surface area contributed by atoms with Crippen LogP contribution in [0.5, 0.6) is 0 Å². The zero-order valence-electron chi connectivity index (χ0n) is 9.29. The lowest BCUT2D eigenvalue weighted by Gasteiger charge is -2.03. The molecule has 1 aromatic rings. The number of aryl methyl sites for hydroxylation is 1. The molecule has 84 valence electrons.